The van der Waals surface area contributed by atoms with Crippen LogP contribution in [0.5, 0.6) is 0 Å². The van der Waals surface area contributed by atoms with Gasteiger partial charge in [-0.1, -0.05) is 23.4 Å². The van der Waals surface area contributed by atoms with Crippen LogP contribution in [0.4, 0.5) is 5.82 Å². The quantitative estimate of drug-likeness (QED) is 0.295. The summed E-state index contributed by atoms with van der Waals surface area (Å²) in [7, 11) is 0. The average molecular weight is 560 g/mol. The molecule has 210 valence electrons. The van der Waals surface area contributed by atoms with Gasteiger partial charge >= 0.3 is 0 Å². The van der Waals surface area contributed by atoms with Crippen molar-refractivity contribution in [1.82, 2.24) is 34.5 Å². The Bertz CT molecular complexity index is 1860. The van der Waals surface area contributed by atoms with Crippen molar-refractivity contribution in [2.45, 2.75) is 45.4 Å². The molecular formula is C31H29N9O2. The zero-order valence-corrected chi connectivity index (χ0v) is 23.2. The molecule has 0 radical (unpaired) electrons. The molecule has 0 spiro atoms. The number of rotatable bonds is 6. The first-order valence-corrected chi connectivity index (χ1v) is 14.1. The van der Waals surface area contributed by atoms with Crippen molar-refractivity contribution >= 4 is 17.0 Å². The highest BCUT2D eigenvalue weighted by molar-refractivity contribution is 5.92. The molecule has 7 rings (SSSR count). The van der Waals surface area contributed by atoms with Crippen LogP contribution in [0.15, 0.2) is 66.9 Å². The van der Waals surface area contributed by atoms with E-state index >= 15 is 0 Å². The second-order valence-corrected chi connectivity index (χ2v) is 10.6. The van der Waals surface area contributed by atoms with E-state index in [0.717, 1.165) is 58.7 Å². The number of ether oxygens (including phenoxy) is 1. The summed E-state index contributed by atoms with van der Waals surface area (Å²) in [5, 5.41) is 28.4. The number of nitriles is 1. The van der Waals surface area contributed by atoms with Gasteiger partial charge in [-0.05, 0) is 56.0 Å². The topological polar surface area (TPSA) is 131 Å². The molecule has 0 bridgehead atoms. The number of hydrogen-bond acceptors (Lipinski definition) is 9. The first kappa shape index (κ1) is 25.9. The van der Waals surface area contributed by atoms with Gasteiger partial charge in [0.2, 0.25) is 0 Å². The number of hydrogen-bond donors (Lipinski definition) is 1. The van der Waals surface area contributed by atoms with Crippen LogP contribution in [-0.4, -0.2) is 52.8 Å². The molecule has 1 fully saturated rings. The van der Waals surface area contributed by atoms with Gasteiger partial charge in [-0.2, -0.15) is 5.26 Å². The molecule has 0 aliphatic carbocycles. The van der Waals surface area contributed by atoms with E-state index in [-0.39, 0.29) is 6.23 Å². The Labute approximate surface area is 242 Å². The summed E-state index contributed by atoms with van der Waals surface area (Å²) >= 11 is 0. The summed E-state index contributed by atoms with van der Waals surface area (Å²) in [6.45, 7) is 3.78. The standard InChI is InChI=1S/C31H29N9O2/c1-20-21(15-32)6-4-8-24(20)26-14-25(30-31(35-26)40(19-33-30)29-10-2-3-13-42-29)27-18-39(37-36-27)16-22-7-5-9-28(34-22)38-12-11-23(41)17-38/h4-9,14,17-19,29,41H,2-3,10-13,16H2,1H3. The van der Waals surface area contributed by atoms with Crippen LogP contribution in [0.25, 0.3) is 33.7 Å². The van der Waals surface area contributed by atoms with Gasteiger partial charge < -0.3 is 14.7 Å². The first-order chi connectivity index (χ1) is 20.6. The number of benzene rings is 1. The lowest BCUT2D eigenvalue weighted by Crippen LogP contribution is -2.17. The molecule has 1 unspecified atom stereocenters. The van der Waals surface area contributed by atoms with E-state index in [9.17, 15) is 10.4 Å². The Morgan fingerprint density at radius 1 is 1.10 bits per heavy atom. The second kappa shape index (κ2) is 10.7. The van der Waals surface area contributed by atoms with Crippen LogP contribution in [-0.2, 0) is 11.3 Å². The minimum atomic E-state index is -0.132. The summed E-state index contributed by atoms with van der Waals surface area (Å²) < 4.78 is 9.85. The Morgan fingerprint density at radius 2 is 2.00 bits per heavy atom. The number of pyridine rings is 2. The van der Waals surface area contributed by atoms with Crippen molar-refractivity contribution in [1.29, 1.82) is 5.26 Å². The molecule has 11 nitrogen and oxygen atoms in total. The van der Waals surface area contributed by atoms with Gasteiger partial charge in [-0.25, -0.2) is 19.6 Å². The minimum Gasteiger partial charge on any atom is -0.511 e. The summed E-state index contributed by atoms with van der Waals surface area (Å²) in [4.78, 5) is 16.5. The Morgan fingerprint density at radius 3 is 2.81 bits per heavy atom. The van der Waals surface area contributed by atoms with Gasteiger partial charge in [-0.15, -0.1) is 5.10 Å². The highest BCUT2D eigenvalue weighted by atomic mass is 16.5. The van der Waals surface area contributed by atoms with E-state index in [0.29, 0.717) is 48.8 Å². The fraction of sp³-hybridized carbons (Fsp3) is 0.290. The normalized spacial score (nSPS) is 17.0. The number of aliphatic hydroxyl groups is 1. The maximum Gasteiger partial charge on any atom is 0.163 e. The number of nitrogens with zero attached hydrogens (tertiary/aromatic N) is 9. The molecule has 1 atom stereocenters. The van der Waals surface area contributed by atoms with Crippen molar-refractivity contribution in [2.75, 3.05) is 18.1 Å². The van der Waals surface area contributed by atoms with Gasteiger partial charge in [0.05, 0.1) is 42.1 Å². The van der Waals surface area contributed by atoms with Crippen molar-refractivity contribution in [3.05, 3.63) is 83.8 Å². The molecule has 0 saturated carbocycles. The van der Waals surface area contributed by atoms with Gasteiger partial charge in [0.15, 0.2) is 5.65 Å². The molecule has 1 saturated heterocycles. The third-order valence-corrected chi connectivity index (χ3v) is 7.86. The number of aromatic nitrogens is 7. The van der Waals surface area contributed by atoms with Crippen molar-refractivity contribution in [2.24, 2.45) is 0 Å². The summed E-state index contributed by atoms with van der Waals surface area (Å²) in [5.74, 6) is 1.14. The fourth-order valence-electron chi connectivity index (χ4n) is 5.63. The van der Waals surface area contributed by atoms with Crippen molar-refractivity contribution < 1.29 is 9.84 Å². The molecular weight excluding hydrogens is 530 g/mol. The highest BCUT2D eigenvalue weighted by Gasteiger charge is 2.23. The predicted molar refractivity (Wildman–Crippen MR) is 156 cm³/mol. The summed E-state index contributed by atoms with van der Waals surface area (Å²) in [6, 6.07) is 15.8. The molecule has 1 aromatic carbocycles. The van der Waals surface area contributed by atoms with Gasteiger partial charge in [-0.3, -0.25) is 4.57 Å². The second-order valence-electron chi connectivity index (χ2n) is 10.6. The van der Waals surface area contributed by atoms with Crippen LogP contribution in [0.2, 0.25) is 0 Å². The molecule has 11 heteroatoms. The molecule has 6 heterocycles. The summed E-state index contributed by atoms with van der Waals surface area (Å²) in [5.41, 5.74) is 6.81. The fourth-order valence-corrected chi connectivity index (χ4v) is 5.63. The van der Waals surface area contributed by atoms with Crippen LogP contribution in [0.1, 0.15) is 48.7 Å². The number of fused-ring (bicyclic) bond motifs is 1. The Kier molecular flexibility index (Phi) is 6.60. The third kappa shape index (κ3) is 4.76. The zero-order valence-electron chi connectivity index (χ0n) is 23.2. The van der Waals surface area contributed by atoms with Gasteiger partial charge in [0, 0.05) is 36.9 Å². The smallest absolute Gasteiger partial charge is 0.163 e. The lowest BCUT2D eigenvalue weighted by molar-refractivity contribution is -0.0298. The van der Waals surface area contributed by atoms with Crippen LogP contribution in [0.3, 0.4) is 0 Å². The third-order valence-electron chi connectivity index (χ3n) is 7.86. The largest absolute Gasteiger partial charge is 0.511 e. The summed E-state index contributed by atoms with van der Waals surface area (Å²) in [6.07, 6.45) is 8.91. The monoisotopic (exact) mass is 559 g/mol. The SMILES string of the molecule is Cc1c(C#N)cccc1-c1cc(-c2cn(Cc3cccc(N4C=C(O)CC4)n3)nn2)c2ncn(C3CCCCO3)c2n1. The molecule has 1 N–H and O–H groups in total. The maximum atomic E-state index is 9.80. The van der Waals surface area contributed by atoms with E-state index in [1.165, 1.54) is 0 Å². The van der Waals surface area contributed by atoms with E-state index in [1.54, 1.807) is 17.2 Å². The highest BCUT2D eigenvalue weighted by Crippen LogP contribution is 2.35. The predicted octanol–water partition coefficient (Wildman–Crippen LogP) is 5.29. The number of anilines is 1. The Hall–Kier alpha value is -5.08. The van der Waals surface area contributed by atoms with Gasteiger partial charge in [0.25, 0.3) is 0 Å². The van der Waals surface area contributed by atoms with Crippen molar-refractivity contribution in [3.63, 3.8) is 0 Å². The molecule has 0 amide bonds. The minimum absolute atomic E-state index is 0.132. The maximum absolute atomic E-state index is 9.80. The molecule has 2 aliphatic rings. The lowest BCUT2D eigenvalue weighted by Gasteiger charge is -2.24. The molecule has 2 aliphatic heterocycles. The number of aliphatic hydroxyl groups excluding tert-OH is 1. The molecule has 42 heavy (non-hydrogen) atoms. The zero-order chi connectivity index (χ0) is 28.6. The lowest BCUT2D eigenvalue weighted by atomic mass is 9.99. The van der Waals surface area contributed by atoms with E-state index in [2.05, 4.69) is 16.4 Å². The van der Waals surface area contributed by atoms with E-state index < -0.39 is 0 Å². The Balaban J connectivity index is 1.28. The van der Waals surface area contributed by atoms with E-state index in [1.807, 2.05) is 65.1 Å². The van der Waals surface area contributed by atoms with E-state index in [4.69, 9.17) is 19.7 Å². The van der Waals surface area contributed by atoms with Gasteiger partial charge in [0.1, 0.15) is 29.0 Å². The molecule has 4 aromatic heterocycles. The first-order valence-electron chi connectivity index (χ1n) is 14.1. The number of imidazole rings is 1. The van der Waals surface area contributed by atoms with Crippen LogP contribution in [0, 0.1) is 18.3 Å². The van der Waals surface area contributed by atoms with Crippen molar-refractivity contribution in [3.8, 4) is 28.6 Å². The van der Waals surface area contributed by atoms with Crippen LogP contribution < -0.4 is 4.90 Å². The van der Waals surface area contributed by atoms with Crippen LogP contribution >= 0.6 is 0 Å². The average Bonchev–Trinajstić information content (AvgIpc) is 3.77. The molecule has 5 aromatic rings.